The Kier molecular flexibility index (Phi) is 28.9. The fourth-order valence-electron chi connectivity index (χ4n) is 11.2. The number of likely N-dealkylation sites (N-methyl/N-ethyl adjacent to an activating group) is 2. The second kappa shape index (κ2) is 39.0. The summed E-state index contributed by atoms with van der Waals surface area (Å²) in [6, 6.07) is 23.0. The summed E-state index contributed by atoms with van der Waals surface area (Å²) >= 11 is 43.7. The predicted octanol–water partition coefficient (Wildman–Crippen LogP) is 15.3. The van der Waals surface area contributed by atoms with Gasteiger partial charge in [-0.25, -0.2) is 9.97 Å². The summed E-state index contributed by atoms with van der Waals surface area (Å²) in [6.45, 7) is 10.2. The average Bonchev–Trinajstić information content (AvgIpc) is 1.66. The maximum atomic E-state index is 6.47. The van der Waals surface area contributed by atoms with E-state index in [1.807, 2.05) is 108 Å². The first-order chi connectivity index (χ1) is 52.6. The Balaban J connectivity index is 0.000000135. The van der Waals surface area contributed by atoms with Crippen LogP contribution in [0.1, 0.15) is 77.8 Å². The molecule has 0 aromatic carbocycles. The van der Waals surface area contributed by atoms with Crippen LogP contribution in [-0.2, 0) is 64.8 Å². The third-order valence-electron chi connectivity index (χ3n) is 16.0. The van der Waals surface area contributed by atoms with Crippen molar-refractivity contribution in [2.24, 2.45) is 17.2 Å². The lowest BCUT2D eigenvalue weighted by Crippen LogP contribution is -2.18. The smallest absolute Gasteiger partial charge is 0.226 e. The number of halogens is 8. The summed E-state index contributed by atoms with van der Waals surface area (Å²) in [5.74, 6) is 6.54. The Morgan fingerprint density at radius 2 is 0.743 bits per heavy atom. The van der Waals surface area contributed by atoms with Crippen LogP contribution in [0.5, 0.6) is 0 Å². The van der Waals surface area contributed by atoms with E-state index in [-0.39, 0.29) is 44.5 Å². The molecule has 30 nitrogen and oxygen atoms in total. The van der Waals surface area contributed by atoms with Gasteiger partial charge in [-0.1, -0.05) is 11.6 Å². The van der Waals surface area contributed by atoms with Crippen molar-refractivity contribution >= 4 is 186 Å². The molecule has 15 heterocycles. The Bertz CT molecular complexity index is 5230. The van der Waals surface area contributed by atoms with Crippen molar-refractivity contribution in [1.82, 2.24) is 90.4 Å². The molecule has 0 saturated carbocycles. The number of fused-ring (bicyclic) bond motifs is 5. The van der Waals surface area contributed by atoms with E-state index in [0.717, 1.165) is 132 Å². The molecule has 109 heavy (non-hydrogen) atoms. The largest absolute Gasteiger partial charge is 0.467 e. The fraction of sp³-hybridized carbons (Fsp3) is 0.282. The van der Waals surface area contributed by atoms with E-state index in [1.165, 1.54) is 0 Å². The molecule has 0 spiro atoms. The molecule has 0 saturated heterocycles. The summed E-state index contributed by atoms with van der Waals surface area (Å²) in [5, 5.41) is 28.2. The standard InChI is InChI=1S/C15H17ClN6.2C14H15BrClN5O.C14H15Cl2N5O.C14H16ClN5O/c1-9(17)6-11-7-12-13(21-15(16)22-14(12)20-11)19-8-10-2-4-18-5-3-10;1-17-5-4-9-11(15)10-12(18-7-8-3-2-6-22-8)20-14(16)21-13(10)19-9;1-7(17)5-9-11(15)10-12(18-6-8-3-2-4-22-8)20-14(16)21-13(10)19-9;1-17-5-4-9-11(15)10-12(18-7-8-3-2-6-22-8)20-14(16)21-13(10)19-9;1-8(16)5-9-6-11-12(17-7-10-3-2-4-21-10)19-14(15)20-13(11)18-9/h2-5,7,9H,6,8,17H2,1H3,(H2,19,20,21,22);2-3,6,17H,4-5,7H2,1H3,(H2,18,19,20,21);2-4,7H,5-6,17H2,1H3,(H2,18,19,20,21);2-3,6,17H,4-5,7H2,1H3,(H2,18,19,20,21);2-4,6,8H,5,7,16H2,1H3,(H2,17,18,19,20)/t9-;;7-;;8-/m0.0.0/s1. The monoisotopic (exact) mass is 1730 g/mol. The number of pyridine rings is 1. The number of furan rings is 4. The van der Waals surface area contributed by atoms with Crippen LogP contribution in [-0.4, -0.2) is 125 Å². The number of hydrogen-bond donors (Lipinski definition) is 15. The highest BCUT2D eigenvalue weighted by atomic mass is 79.9. The van der Waals surface area contributed by atoms with Gasteiger partial charge in [0.1, 0.15) is 80.4 Å². The van der Waals surface area contributed by atoms with E-state index < -0.39 is 0 Å². The van der Waals surface area contributed by atoms with E-state index in [9.17, 15) is 0 Å². The Morgan fingerprint density at radius 1 is 0.404 bits per heavy atom. The number of anilines is 5. The molecule has 0 amide bonds. The number of nitrogens with one attached hydrogen (secondary N) is 12. The van der Waals surface area contributed by atoms with Gasteiger partial charge < -0.3 is 97.0 Å². The second-order valence-corrected chi connectivity index (χ2v) is 28.6. The molecular formula is C71H78Br2Cl6N26O4. The molecule has 15 aromatic rings. The lowest BCUT2D eigenvalue weighted by Gasteiger charge is -2.06. The summed E-state index contributed by atoms with van der Waals surface area (Å²) < 4.78 is 23.1. The topological polar surface area (TPSA) is 436 Å². The first-order valence-corrected chi connectivity index (χ1v) is 38.1. The van der Waals surface area contributed by atoms with Gasteiger partial charge in [-0.05, 0) is 203 Å². The Morgan fingerprint density at radius 3 is 1.14 bits per heavy atom. The van der Waals surface area contributed by atoms with Gasteiger partial charge in [-0.2, -0.15) is 39.9 Å². The van der Waals surface area contributed by atoms with Crippen molar-refractivity contribution in [1.29, 1.82) is 0 Å². The minimum Gasteiger partial charge on any atom is -0.467 e. The molecule has 18 N–H and O–H groups in total. The first-order valence-electron chi connectivity index (χ1n) is 34.2. The zero-order valence-electron chi connectivity index (χ0n) is 59.4. The molecule has 15 rings (SSSR count). The fourth-order valence-corrected chi connectivity index (χ4v) is 13.7. The molecule has 3 atom stereocenters. The van der Waals surface area contributed by atoms with Gasteiger partial charge in [-0.3, -0.25) is 4.98 Å². The van der Waals surface area contributed by atoms with Crippen LogP contribution in [0.25, 0.3) is 55.2 Å². The molecule has 0 aliphatic carbocycles. The van der Waals surface area contributed by atoms with Gasteiger partial charge in [0, 0.05) is 111 Å². The SMILES string of the molecule is CNCCc1[nH]c2nc(Cl)nc(NCc3ccco3)c2c1Br.CNCCc1[nH]c2nc(Cl)nc(NCc3ccco3)c2c1Cl.C[C@H](N)Cc1[nH]c2nc(Cl)nc(NCc3ccco3)c2c1Br.C[C@H](N)Cc1cc2c(NCc3ccco3)nc(Cl)nc2[nH]1.C[C@H](N)Cc1cc2c(NCc3ccncc3)nc(Cl)nc2[nH]1. The third-order valence-corrected chi connectivity index (χ3v) is 19.1. The quantitative estimate of drug-likeness (QED) is 0.0213. The summed E-state index contributed by atoms with van der Waals surface area (Å²) in [6.07, 6.45) is 13.9. The van der Waals surface area contributed by atoms with Gasteiger partial charge in [0.05, 0.1) is 92.1 Å². The molecule has 0 fully saturated rings. The molecule has 0 unspecified atom stereocenters. The van der Waals surface area contributed by atoms with Crippen LogP contribution < -0.4 is 54.4 Å². The van der Waals surface area contributed by atoms with Gasteiger partial charge in [0.2, 0.25) is 26.4 Å². The molecule has 15 aromatic heterocycles. The molecule has 0 aliphatic rings. The van der Waals surface area contributed by atoms with E-state index in [2.05, 4.69) is 149 Å². The van der Waals surface area contributed by atoms with E-state index in [1.54, 1.807) is 37.4 Å². The molecule has 0 radical (unpaired) electrons. The maximum absolute atomic E-state index is 6.47. The van der Waals surface area contributed by atoms with Gasteiger partial charge >= 0.3 is 0 Å². The van der Waals surface area contributed by atoms with Crippen molar-refractivity contribution in [3.05, 3.63) is 208 Å². The third kappa shape index (κ3) is 22.3. The van der Waals surface area contributed by atoms with Gasteiger partial charge in [0.25, 0.3) is 0 Å². The van der Waals surface area contributed by atoms with Crippen LogP contribution in [0, 0.1) is 0 Å². The van der Waals surface area contributed by atoms with Crippen LogP contribution in [0.2, 0.25) is 31.4 Å². The summed E-state index contributed by atoms with van der Waals surface area (Å²) in [7, 11) is 3.81. The van der Waals surface area contributed by atoms with E-state index in [4.69, 9.17) is 104 Å². The molecule has 0 aliphatic heterocycles. The Hall–Kier alpha value is -9.13. The van der Waals surface area contributed by atoms with Gasteiger partial charge in [0.15, 0.2) is 0 Å². The highest BCUT2D eigenvalue weighted by molar-refractivity contribution is 9.11. The zero-order valence-corrected chi connectivity index (χ0v) is 67.1. The lowest BCUT2D eigenvalue weighted by atomic mass is 10.2. The van der Waals surface area contributed by atoms with E-state index in [0.29, 0.717) is 101 Å². The number of hydrogen-bond acceptors (Lipinski definition) is 25. The molecule has 38 heteroatoms. The number of aromatic amines is 5. The first kappa shape index (κ1) is 80.9. The maximum Gasteiger partial charge on any atom is 0.226 e. The van der Waals surface area contributed by atoms with Crippen molar-refractivity contribution in [3.8, 4) is 0 Å². The van der Waals surface area contributed by atoms with Crippen LogP contribution >= 0.6 is 101 Å². The number of nitrogens with two attached hydrogens (primary N) is 3. The molecular weight excluding hydrogens is 1650 g/mol. The zero-order chi connectivity index (χ0) is 77.1. The number of aromatic nitrogens is 16. The van der Waals surface area contributed by atoms with Crippen molar-refractivity contribution in [2.45, 2.75) is 104 Å². The number of nitrogens with zero attached hydrogens (tertiary/aromatic N) is 11. The normalized spacial score (nSPS) is 12.1. The molecule has 572 valence electrons. The summed E-state index contributed by atoms with van der Waals surface area (Å²) in [5.41, 5.74) is 27.1. The van der Waals surface area contributed by atoms with Crippen molar-refractivity contribution in [2.75, 3.05) is 53.8 Å². The molecule has 0 bridgehead atoms. The van der Waals surface area contributed by atoms with Crippen LogP contribution in [0.4, 0.5) is 29.1 Å². The highest BCUT2D eigenvalue weighted by Crippen LogP contribution is 2.37. The predicted molar refractivity (Wildman–Crippen MR) is 438 cm³/mol. The van der Waals surface area contributed by atoms with E-state index >= 15 is 0 Å². The average molecular weight is 1730 g/mol. The highest BCUT2D eigenvalue weighted by Gasteiger charge is 2.22. The number of H-pyrrole nitrogens is 5. The number of rotatable bonds is 27. The van der Waals surface area contributed by atoms with Crippen LogP contribution in [0.15, 0.2) is 137 Å². The minimum absolute atomic E-state index is 0.0346. The second-order valence-electron chi connectivity index (χ2n) is 24.9. The van der Waals surface area contributed by atoms with Crippen molar-refractivity contribution < 1.29 is 17.7 Å². The van der Waals surface area contributed by atoms with Crippen LogP contribution in [0.3, 0.4) is 0 Å². The Labute approximate surface area is 671 Å². The minimum atomic E-state index is 0.0346. The van der Waals surface area contributed by atoms with Crippen molar-refractivity contribution in [3.63, 3.8) is 0 Å². The lowest BCUT2D eigenvalue weighted by molar-refractivity contribution is 0.517. The van der Waals surface area contributed by atoms with Gasteiger partial charge in [-0.15, -0.1) is 0 Å². The summed E-state index contributed by atoms with van der Waals surface area (Å²) in [4.78, 5) is 62.7.